The average Bonchev–Trinajstić information content (AvgIpc) is 2.81. The highest BCUT2D eigenvalue weighted by atomic mass is 35.5. The predicted octanol–water partition coefficient (Wildman–Crippen LogP) is 2.13. The van der Waals surface area contributed by atoms with Gasteiger partial charge in [0.15, 0.2) is 12.3 Å². The maximum Gasteiger partial charge on any atom is 0.325 e. The quantitative estimate of drug-likeness (QED) is 0.606. The predicted molar refractivity (Wildman–Crippen MR) is 116 cm³/mol. The number of piperidine rings is 1. The molecule has 1 aliphatic heterocycles. The molecule has 3 rings (SSSR count). The molecule has 32 heavy (non-hydrogen) atoms. The molecule has 2 amide bonds. The minimum absolute atomic E-state index is 0.0516. The van der Waals surface area contributed by atoms with Crippen molar-refractivity contribution < 1.29 is 29.0 Å². The lowest BCUT2D eigenvalue weighted by Crippen LogP contribution is -2.40. The van der Waals surface area contributed by atoms with Gasteiger partial charge in [0.25, 0.3) is 11.8 Å². The molecule has 1 aromatic heterocycles. The normalized spacial score (nSPS) is 14.0. The number of halogens is 1. The first-order chi connectivity index (χ1) is 15.4. The third-order valence-corrected chi connectivity index (χ3v) is 5.47. The molecule has 0 saturated carbocycles. The molecule has 0 bridgehead atoms. The number of pyridine rings is 1. The summed E-state index contributed by atoms with van der Waals surface area (Å²) in [5.74, 6) is -0.955. The van der Waals surface area contributed by atoms with Crippen molar-refractivity contribution in [2.45, 2.75) is 18.8 Å². The third kappa shape index (κ3) is 6.10. The van der Waals surface area contributed by atoms with E-state index in [2.05, 4.69) is 15.0 Å². The summed E-state index contributed by atoms with van der Waals surface area (Å²) in [6, 6.07) is 8.32. The van der Waals surface area contributed by atoms with E-state index < -0.39 is 11.9 Å². The van der Waals surface area contributed by atoms with Crippen LogP contribution in [0.25, 0.3) is 0 Å². The zero-order valence-corrected chi connectivity index (χ0v) is 18.3. The zero-order valence-electron chi connectivity index (χ0n) is 17.5. The molecule has 0 radical (unpaired) electrons. The Bertz CT molecular complexity index is 974. The van der Waals surface area contributed by atoms with Crippen molar-refractivity contribution in [2.24, 2.45) is 0 Å². The van der Waals surface area contributed by atoms with Gasteiger partial charge < -0.3 is 24.8 Å². The van der Waals surface area contributed by atoms with Crippen molar-refractivity contribution in [1.29, 1.82) is 0 Å². The summed E-state index contributed by atoms with van der Waals surface area (Å²) in [7, 11) is 1.21. The number of likely N-dealkylation sites (tertiary alicyclic amines) is 1. The first-order valence-electron chi connectivity index (χ1n) is 10.1. The molecule has 2 heterocycles. The number of carbonyl (C=O) groups is 3. The molecule has 1 aliphatic rings. The Hall–Kier alpha value is -3.33. The van der Waals surface area contributed by atoms with Crippen molar-refractivity contribution in [3.8, 4) is 11.5 Å². The molecule has 1 fully saturated rings. The molecule has 1 aromatic carbocycles. The van der Waals surface area contributed by atoms with E-state index in [1.165, 1.54) is 13.2 Å². The van der Waals surface area contributed by atoms with Crippen molar-refractivity contribution in [1.82, 2.24) is 15.2 Å². The maximum atomic E-state index is 12.4. The molecular weight excluding hydrogens is 438 g/mol. The summed E-state index contributed by atoms with van der Waals surface area (Å²) < 4.78 is 9.98. The zero-order chi connectivity index (χ0) is 23.1. The van der Waals surface area contributed by atoms with E-state index in [9.17, 15) is 19.5 Å². The van der Waals surface area contributed by atoms with E-state index >= 15 is 0 Å². The highest BCUT2D eigenvalue weighted by Gasteiger charge is 2.25. The molecular formula is C22H24ClN3O6. The number of nitrogens with one attached hydrogen (secondary N) is 1. The Morgan fingerprint density at radius 3 is 2.53 bits per heavy atom. The summed E-state index contributed by atoms with van der Waals surface area (Å²) in [6.45, 7) is 0.738. The van der Waals surface area contributed by atoms with Crippen LogP contribution in [0.2, 0.25) is 5.02 Å². The summed E-state index contributed by atoms with van der Waals surface area (Å²) in [4.78, 5) is 41.4. The van der Waals surface area contributed by atoms with E-state index in [1.54, 1.807) is 35.4 Å². The second-order valence-electron chi connectivity index (χ2n) is 7.29. The Labute approximate surface area is 190 Å². The first-order valence-corrected chi connectivity index (χ1v) is 10.4. The van der Waals surface area contributed by atoms with Crippen LogP contribution in [0.4, 0.5) is 0 Å². The van der Waals surface area contributed by atoms with Crippen molar-refractivity contribution in [3.05, 3.63) is 52.8 Å². The Morgan fingerprint density at radius 2 is 1.91 bits per heavy atom. The number of rotatable bonds is 7. The molecule has 0 atom stereocenters. The van der Waals surface area contributed by atoms with Crippen LogP contribution in [0, 0.1) is 0 Å². The van der Waals surface area contributed by atoms with Crippen molar-refractivity contribution in [2.75, 3.05) is 33.4 Å². The highest BCUT2D eigenvalue weighted by molar-refractivity contribution is 6.30. The number of methoxy groups -OCH3 is 1. The Morgan fingerprint density at radius 1 is 1.22 bits per heavy atom. The minimum Gasteiger partial charge on any atom is -0.505 e. The number of hydrogen-bond donors (Lipinski definition) is 2. The van der Waals surface area contributed by atoms with Crippen molar-refractivity contribution >= 4 is 29.4 Å². The Balaban J connectivity index is 1.50. The molecule has 0 spiro atoms. The highest BCUT2D eigenvalue weighted by Crippen LogP contribution is 2.30. The Kier molecular flexibility index (Phi) is 7.88. The number of amides is 2. The third-order valence-electron chi connectivity index (χ3n) is 5.22. The lowest BCUT2D eigenvalue weighted by Gasteiger charge is -2.32. The molecule has 1 saturated heterocycles. The van der Waals surface area contributed by atoms with Crippen LogP contribution in [-0.2, 0) is 14.3 Å². The lowest BCUT2D eigenvalue weighted by molar-refractivity contribution is -0.139. The van der Waals surface area contributed by atoms with Crippen molar-refractivity contribution in [3.63, 3.8) is 0 Å². The number of aromatic nitrogens is 1. The van der Waals surface area contributed by atoms with Crippen LogP contribution in [0.5, 0.6) is 11.5 Å². The maximum absolute atomic E-state index is 12.4. The van der Waals surface area contributed by atoms with Gasteiger partial charge in [-0.3, -0.25) is 14.4 Å². The summed E-state index contributed by atoms with van der Waals surface area (Å²) >= 11 is 5.84. The van der Waals surface area contributed by atoms with Gasteiger partial charge in [-0.2, -0.15) is 0 Å². The van der Waals surface area contributed by atoms with E-state index in [1.807, 2.05) is 0 Å². The topological polar surface area (TPSA) is 118 Å². The van der Waals surface area contributed by atoms with Crippen LogP contribution in [-0.4, -0.2) is 66.1 Å². The fourth-order valence-corrected chi connectivity index (χ4v) is 3.53. The van der Waals surface area contributed by atoms with E-state index in [0.29, 0.717) is 36.7 Å². The molecule has 2 aromatic rings. The second-order valence-corrected chi connectivity index (χ2v) is 7.73. The van der Waals surface area contributed by atoms with Crippen LogP contribution in [0.3, 0.4) is 0 Å². The number of benzene rings is 1. The average molecular weight is 462 g/mol. The SMILES string of the molecule is COC(=O)CNC(=O)c1ncc(C2CCN(C(=O)COc3ccc(Cl)cc3)CC2)cc1O. The van der Waals surface area contributed by atoms with Gasteiger partial charge in [-0.05, 0) is 54.7 Å². The van der Waals surface area contributed by atoms with E-state index in [0.717, 1.165) is 5.56 Å². The number of carbonyl (C=O) groups excluding carboxylic acids is 3. The van der Waals surface area contributed by atoms with Crippen LogP contribution in [0.15, 0.2) is 36.5 Å². The molecule has 9 nitrogen and oxygen atoms in total. The van der Waals surface area contributed by atoms with Crippen LogP contribution >= 0.6 is 11.6 Å². The lowest BCUT2D eigenvalue weighted by atomic mass is 9.90. The molecule has 10 heteroatoms. The van der Waals surface area contributed by atoms with Crippen LogP contribution in [0.1, 0.15) is 34.8 Å². The fraction of sp³-hybridized carbons (Fsp3) is 0.364. The van der Waals surface area contributed by atoms with Gasteiger partial charge in [-0.15, -0.1) is 0 Å². The summed E-state index contributed by atoms with van der Waals surface area (Å²) in [6.07, 6.45) is 2.93. The van der Waals surface area contributed by atoms with Crippen LogP contribution < -0.4 is 10.1 Å². The molecule has 0 unspecified atom stereocenters. The van der Waals surface area contributed by atoms with Gasteiger partial charge in [0, 0.05) is 24.3 Å². The first kappa shape index (κ1) is 23.3. The van der Waals surface area contributed by atoms with Gasteiger partial charge in [0.05, 0.1) is 7.11 Å². The standard InChI is InChI=1S/C22H24ClN3O6/c1-31-20(29)12-25-22(30)21-18(27)10-15(11-24-21)14-6-8-26(9-7-14)19(28)13-32-17-4-2-16(23)3-5-17/h2-5,10-11,14,27H,6-9,12-13H2,1H3,(H,25,30). The monoisotopic (exact) mass is 461 g/mol. The molecule has 0 aliphatic carbocycles. The minimum atomic E-state index is -0.666. The number of esters is 1. The smallest absolute Gasteiger partial charge is 0.325 e. The van der Waals surface area contributed by atoms with E-state index in [-0.39, 0.29) is 36.4 Å². The number of hydrogen-bond acceptors (Lipinski definition) is 7. The fourth-order valence-electron chi connectivity index (χ4n) is 3.40. The number of aromatic hydroxyl groups is 1. The van der Waals surface area contributed by atoms with Gasteiger partial charge in [-0.25, -0.2) is 4.98 Å². The van der Waals surface area contributed by atoms with E-state index in [4.69, 9.17) is 16.3 Å². The molecule has 2 N–H and O–H groups in total. The second kappa shape index (κ2) is 10.8. The van der Waals surface area contributed by atoms with Gasteiger partial charge in [0.2, 0.25) is 0 Å². The number of ether oxygens (including phenoxy) is 2. The summed E-state index contributed by atoms with van der Waals surface area (Å²) in [5.41, 5.74) is 0.626. The van der Waals surface area contributed by atoms with Gasteiger partial charge in [0.1, 0.15) is 18.0 Å². The summed E-state index contributed by atoms with van der Waals surface area (Å²) in [5, 5.41) is 13.2. The molecule has 170 valence electrons. The number of nitrogens with zero attached hydrogens (tertiary/aromatic N) is 2. The van der Waals surface area contributed by atoms with Gasteiger partial charge >= 0.3 is 5.97 Å². The van der Waals surface area contributed by atoms with Gasteiger partial charge in [-0.1, -0.05) is 11.6 Å². The largest absolute Gasteiger partial charge is 0.505 e.